The highest BCUT2D eigenvalue weighted by molar-refractivity contribution is 6.35. The lowest BCUT2D eigenvalue weighted by Crippen LogP contribution is -2.54. The molecule has 8 nitrogen and oxygen atoms in total. The SMILES string of the molecule is O=C1[C@@H]2[C@H](Cc3ccc(O)cc3)N[C@]3(C(=O)Nc4c(Cl)cccc43)[C@H]2C(=O)N1C[C@H]1CCCO1. The predicted octanol–water partition coefficient (Wildman–Crippen LogP) is 2.19. The van der Waals surface area contributed by atoms with E-state index in [2.05, 4.69) is 10.6 Å². The molecular formula is C25H24ClN3O5. The number of rotatable bonds is 4. The molecule has 6 rings (SSSR count). The predicted molar refractivity (Wildman–Crippen MR) is 123 cm³/mol. The van der Waals surface area contributed by atoms with E-state index in [1.807, 2.05) is 0 Å². The molecule has 3 saturated heterocycles. The number of benzene rings is 2. The molecule has 0 aromatic heterocycles. The van der Waals surface area contributed by atoms with Crippen molar-refractivity contribution in [2.24, 2.45) is 11.8 Å². The third kappa shape index (κ3) is 3.02. The minimum absolute atomic E-state index is 0.145. The van der Waals surface area contributed by atoms with E-state index in [1.54, 1.807) is 42.5 Å². The van der Waals surface area contributed by atoms with Crippen molar-refractivity contribution in [3.63, 3.8) is 0 Å². The van der Waals surface area contributed by atoms with E-state index in [4.69, 9.17) is 16.3 Å². The minimum atomic E-state index is -1.38. The highest BCUT2D eigenvalue weighted by Crippen LogP contribution is 2.54. The number of halogens is 1. The summed E-state index contributed by atoms with van der Waals surface area (Å²) >= 11 is 6.38. The molecule has 4 aliphatic heterocycles. The Morgan fingerprint density at radius 1 is 1.12 bits per heavy atom. The van der Waals surface area contributed by atoms with Crippen LogP contribution in [0.4, 0.5) is 5.69 Å². The molecule has 9 heteroatoms. The van der Waals surface area contributed by atoms with Crippen molar-refractivity contribution >= 4 is 35.0 Å². The summed E-state index contributed by atoms with van der Waals surface area (Å²) in [7, 11) is 0. The van der Waals surface area contributed by atoms with E-state index in [-0.39, 0.29) is 36.1 Å². The van der Waals surface area contributed by atoms with Crippen molar-refractivity contribution in [3.8, 4) is 5.75 Å². The van der Waals surface area contributed by atoms with Crippen LogP contribution in [0.2, 0.25) is 5.02 Å². The maximum absolute atomic E-state index is 13.8. The summed E-state index contributed by atoms with van der Waals surface area (Å²) in [5.74, 6) is -2.46. The van der Waals surface area contributed by atoms with Gasteiger partial charge < -0.3 is 15.2 Å². The Morgan fingerprint density at radius 3 is 2.65 bits per heavy atom. The van der Waals surface area contributed by atoms with Crippen LogP contribution in [0.1, 0.15) is 24.0 Å². The van der Waals surface area contributed by atoms with Crippen molar-refractivity contribution in [2.45, 2.75) is 36.9 Å². The number of likely N-dealkylation sites (tertiary alicyclic amines) is 1. The number of nitrogens with one attached hydrogen (secondary N) is 2. The standard InChI is InChI=1S/C25H24ClN3O5/c26-17-5-1-4-16-21(17)27-24(33)25(16)20-19(18(28-25)11-13-6-8-14(30)9-7-13)22(31)29(23(20)32)12-15-3-2-10-34-15/h1,4-9,15,18-20,28,30H,2-3,10-12H2,(H,27,33)/t15-,18+,19-,20-,25+/m1/s1. The maximum Gasteiger partial charge on any atom is 0.250 e. The average Bonchev–Trinajstić information content (AvgIpc) is 3.56. The summed E-state index contributed by atoms with van der Waals surface area (Å²) in [6.07, 6.45) is 1.94. The number of phenolic OH excluding ortho intramolecular Hbond substituents is 1. The van der Waals surface area contributed by atoms with Gasteiger partial charge in [0.2, 0.25) is 17.7 Å². The molecule has 4 aliphatic rings. The van der Waals surface area contributed by atoms with Crippen LogP contribution in [0.3, 0.4) is 0 Å². The zero-order valence-corrected chi connectivity index (χ0v) is 19.0. The first-order chi connectivity index (χ1) is 16.4. The van der Waals surface area contributed by atoms with Crippen molar-refractivity contribution in [3.05, 3.63) is 58.6 Å². The normalized spacial score (nSPS) is 31.9. The van der Waals surface area contributed by atoms with Gasteiger partial charge in [0, 0.05) is 18.2 Å². The van der Waals surface area contributed by atoms with Crippen LogP contribution in [0.25, 0.3) is 0 Å². The van der Waals surface area contributed by atoms with Gasteiger partial charge in [-0.05, 0) is 43.0 Å². The molecule has 5 atom stereocenters. The fraction of sp³-hybridized carbons (Fsp3) is 0.400. The fourth-order valence-electron chi connectivity index (χ4n) is 6.09. The number of carbonyl (C=O) groups excluding carboxylic acids is 3. The highest BCUT2D eigenvalue weighted by Gasteiger charge is 2.70. The van der Waals surface area contributed by atoms with E-state index >= 15 is 0 Å². The van der Waals surface area contributed by atoms with Gasteiger partial charge in [0.25, 0.3) is 0 Å². The second kappa shape index (κ2) is 7.80. The van der Waals surface area contributed by atoms with Gasteiger partial charge >= 0.3 is 0 Å². The van der Waals surface area contributed by atoms with Crippen LogP contribution < -0.4 is 10.6 Å². The van der Waals surface area contributed by atoms with Gasteiger partial charge in [-0.2, -0.15) is 0 Å². The molecule has 176 valence electrons. The smallest absolute Gasteiger partial charge is 0.250 e. The number of nitrogens with zero attached hydrogens (tertiary/aromatic N) is 1. The topological polar surface area (TPSA) is 108 Å². The maximum atomic E-state index is 13.8. The lowest BCUT2D eigenvalue weighted by molar-refractivity contribution is -0.144. The number of hydrogen-bond donors (Lipinski definition) is 3. The Balaban J connectivity index is 1.43. The Morgan fingerprint density at radius 2 is 1.91 bits per heavy atom. The molecule has 3 amide bonds. The fourth-order valence-corrected chi connectivity index (χ4v) is 6.31. The molecule has 0 unspecified atom stereocenters. The van der Waals surface area contributed by atoms with E-state index < -0.39 is 23.4 Å². The van der Waals surface area contributed by atoms with Crippen molar-refractivity contribution < 1.29 is 24.2 Å². The lowest BCUT2D eigenvalue weighted by Gasteiger charge is -2.30. The summed E-state index contributed by atoms with van der Waals surface area (Å²) in [5.41, 5.74) is 0.565. The van der Waals surface area contributed by atoms with Crippen molar-refractivity contribution in [1.82, 2.24) is 10.2 Å². The molecule has 2 aromatic rings. The van der Waals surface area contributed by atoms with Crippen LogP contribution in [-0.4, -0.2) is 53.0 Å². The summed E-state index contributed by atoms with van der Waals surface area (Å²) in [5, 5.41) is 16.3. The number of carbonyl (C=O) groups is 3. The molecule has 0 bridgehead atoms. The Bertz CT molecular complexity index is 1200. The number of aromatic hydroxyl groups is 1. The van der Waals surface area contributed by atoms with Crippen molar-refractivity contribution in [2.75, 3.05) is 18.5 Å². The second-order valence-electron chi connectivity index (χ2n) is 9.47. The summed E-state index contributed by atoms with van der Waals surface area (Å²) in [6, 6.07) is 11.5. The van der Waals surface area contributed by atoms with Gasteiger partial charge in [0.1, 0.15) is 11.3 Å². The van der Waals surface area contributed by atoms with E-state index in [1.165, 1.54) is 4.90 Å². The van der Waals surface area contributed by atoms with Crippen LogP contribution in [0.15, 0.2) is 42.5 Å². The summed E-state index contributed by atoms with van der Waals surface area (Å²) in [4.78, 5) is 42.3. The number of para-hydroxylation sites is 1. The van der Waals surface area contributed by atoms with Crippen molar-refractivity contribution in [1.29, 1.82) is 0 Å². The molecule has 2 aromatic carbocycles. The molecular weight excluding hydrogens is 458 g/mol. The summed E-state index contributed by atoms with van der Waals surface area (Å²) < 4.78 is 5.70. The van der Waals surface area contributed by atoms with Gasteiger partial charge in [-0.3, -0.25) is 24.6 Å². The number of fused-ring (bicyclic) bond motifs is 4. The molecule has 3 N–H and O–H groups in total. The quantitative estimate of drug-likeness (QED) is 0.578. The molecule has 4 heterocycles. The zero-order chi connectivity index (χ0) is 23.6. The van der Waals surface area contributed by atoms with Gasteiger partial charge in [0.05, 0.1) is 35.2 Å². The number of amides is 3. The number of phenols is 1. The van der Waals surface area contributed by atoms with Crippen LogP contribution >= 0.6 is 11.6 Å². The van der Waals surface area contributed by atoms with Crippen LogP contribution in [-0.2, 0) is 31.1 Å². The van der Waals surface area contributed by atoms with Gasteiger partial charge in [-0.25, -0.2) is 0 Å². The number of anilines is 1. The van der Waals surface area contributed by atoms with Crippen LogP contribution in [0.5, 0.6) is 5.75 Å². The molecule has 34 heavy (non-hydrogen) atoms. The zero-order valence-electron chi connectivity index (χ0n) is 18.3. The second-order valence-corrected chi connectivity index (χ2v) is 9.88. The third-order valence-electron chi connectivity index (χ3n) is 7.59. The largest absolute Gasteiger partial charge is 0.508 e. The number of hydrogen-bond acceptors (Lipinski definition) is 6. The molecule has 0 saturated carbocycles. The monoisotopic (exact) mass is 481 g/mol. The molecule has 0 aliphatic carbocycles. The molecule has 0 radical (unpaired) electrons. The van der Waals surface area contributed by atoms with E-state index in [9.17, 15) is 19.5 Å². The van der Waals surface area contributed by atoms with Gasteiger partial charge in [0.15, 0.2) is 0 Å². The van der Waals surface area contributed by atoms with Crippen LogP contribution in [0, 0.1) is 11.8 Å². The first kappa shape index (κ1) is 21.6. The van der Waals surface area contributed by atoms with E-state index in [0.29, 0.717) is 29.3 Å². The van der Waals surface area contributed by atoms with Gasteiger partial charge in [-0.15, -0.1) is 0 Å². The highest BCUT2D eigenvalue weighted by atomic mass is 35.5. The minimum Gasteiger partial charge on any atom is -0.508 e. The number of imide groups is 1. The van der Waals surface area contributed by atoms with Gasteiger partial charge in [-0.1, -0.05) is 35.9 Å². The number of ether oxygens (including phenoxy) is 1. The Hall–Kier alpha value is -2.94. The molecule has 3 fully saturated rings. The Labute approximate surface area is 201 Å². The first-order valence-corrected chi connectivity index (χ1v) is 11.9. The summed E-state index contributed by atoms with van der Waals surface area (Å²) in [6.45, 7) is 0.827. The molecule has 1 spiro atoms. The Kier molecular flexibility index (Phi) is 4.95. The average molecular weight is 482 g/mol. The first-order valence-electron chi connectivity index (χ1n) is 11.5. The van der Waals surface area contributed by atoms with E-state index in [0.717, 1.165) is 18.4 Å². The third-order valence-corrected chi connectivity index (χ3v) is 7.91. The lowest BCUT2D eigenvalue weighted by atomic mass is 9.76.